The van der Waals surface area contributed by atoms with Gasteiger partial charge in [-0.05, 0) is 37.8 Å². The van der Waals surface area contributed by atoms with Crippen molar-refractivity contribution in [2.45, 2.75) is 33.1 Å². The van der Waals surface area contributed by atoms with Gasteiger partial charge in [0.05, 0.1) is 0 Å². The van der Waals surface area contributed by atoms with E-state index < -0.39 is 0 Å². The number of rotatable bonds is 9. The fourth-order valence-corrected chi connectivity index (χ4v) is 3.74. The topological polar surface area (TPSA) is 56.7 Å². The first-order chi connectivity index (χ1) is 14.6. The standard InChI is InChI=1S/C25H34N4O/c1-3-26-25(27-15-13-22-11-9-20(2)10-12-22)28-18-23-17-24(30)29(19-23)16-14-21-7-5-4-6-8-21/h4-12,23H,3,13-19H2,1-2H3,(H2,26,27,28). The van der Waals surface area contributed by atoms with Crippen molar-refractivity contribution in [1.29, 1.82) is 0 Å². The van der Waals surface area contributed by atoms with Crippen molar-refractivity contribution in [3.05, 3.63) is 71.3 Å². The summed E-state index contributed by atoms with van der Waals surface area (Å²) >= 11 is 0. The van der Waals surface area contributed by atoms with E-state index in [0.29, 0.717) is 18.9 Å². The van der Waals surface area contributed by atoms with Crippen LogP contribution in [0.25, 0.3) is 0 Å². The lowest BCUT2D eigenvalue weighted by Crippen LogP contribution is -2.38. The van der Waals surface area contributed by atoms with E-state index in [1.54, 1.807) is 0 Å². The Bertz CT molecular complexity index is 817. The Morgan fingerprint density at radius 1 is 1.03 bits per heavy atom. The van der Waals surface area contributed by atoms with Crippen molar-refractivity contribution in [3.63, 3.8) is 0 Å². The molecule has 0 spiro atoms. The number of amides is 1. The van der Waals surface area contributed by atoms with Crippen LogP contribution in [0.2, 0.25) is 0 Å². The SMILES string of the molecule is CCNC(=NCC1CC(=O)N(CCc2ccccc2)C1)NCCc1ccc(C)cc1. The van der Waals surface area contributed by atoms with Crippen LogP contribution >= 0.6 is 0 Å². The average molecular weight is 407 g/mol. The van der Waals surface area contributed by atoms with E-state index in [0.717, 1.165) is 45.0 Å². The largest absolute Gasteiger partial charge is 0.357 e. The summed E-state index contributed by atoms with van der Waals surface area (Å²) in [5.41, 5.74) is 3.88. The minimum Gasteiger partial charge on any atom is -0.357 e. The molecule has 1 saturated heterocycles. The van der Waals surface area contributed by atoms with Crippen molar-refractivity contribution in [3.8, 4) is 0 Å². The number of nitrogens with zero attached hydrogens (tertiary/aromatic N) is 2. The first kappa shape index (κ1) is 21.9. The molecular weight excluding hydrogens is 372 g/mol. The molecule has 0 bridgehead atoms. The predicted molar refractivity (Wildman–Crippen MR) is 124 cm³/mol. The molecule has 1 aliphatic rings. The number of nitrogens with one attached hydrogen (secondary N) is 2. The molecule has 2 aromatic carbocycles. The molecule has 1 heterocycles. The molecule has 1 atom stereocenters. The van der Waals surface area contributed by atoms with E-state index in [1.807, 2.05) is 23.1 Å². The van der Waals surface area contributed by atoms with Crippen LogP contribution in [0.15, 0.2) is 59.6 Å². The number of hydrogen-bond donors (Lipinski definition) is 2. The smallest absolute Gasteiger partial charge is 0.223 e. The van der Waals surface area contributed by atoms with Crippen molar-refractivity contribution in [1.82, 2.24) is 15.5 Å². The summed E-state index contributed by atoms with van der Waals surface area (Å²) in [5.74, 6) is 1.38. The minimum atomic E-state index is 0.253. The van der Waals surface area contributed by atoms with E-state index in [-0.39, 0.29) is 5.91 Å². The molecule has 1 unspecified atom stereocenters. The van der Waals surface area contributed by atoms with Crippen LogP contribution in [0, 0.1) is 12.8 Å². The molecule has 5 heteroatoms. The molecule has 1 amide bonds. The van der Waals surface area contributed by atoms with Gasteiger partial charge in [-0.15, -0.1) is 0 Å². The van der Waals surface area contributed by atoms with Gasteiger partial charge in [-0.25, -0.2) is 0 Å². The Balaban J connectivity index is 1.44. The highest BCUT2D eigenvalue weighted by Gasteiger charge is 2.28. The van der Waals surface area contributed by atoms with Crippen molar-refractivity contribution in [2.24, 2.45) is 10.9 Å². The van der Waals surface area contributed by atoms with E-state index >= 15 is 0 Å². The highest BCUT2D eigenvalue weighted by molar-refractivity contribution is 5.80. The third-order valence-electron chi connectivity index (χ3n) is 5.49. The lowest BCUT2D eigenvalue weighted by Gasteiger charge is -2.16. The van der Waals surface area contributed by atoms with Gasteiger partial charge in [0.25, 0.3) is 0 Å². The van der Waals surface area contributed by atoms with Gasteiger partial charge in [0, 0.05) is 45.1 Å². The number of carbonyl (C=O) groups is 1. The molecule has 1 aliphatic heterocycles. The minimum absolute atomic E-state index is 0.253. The van der Waals surface area contributed by atoms with Crippen LogP contribution in [-0.4, -0.2) is 49.5 Å². The van der Waals surface area contributed by atoms with Crippen molar-refractivity contribution >= 4 is 11.9 Å². The number of guanidine groups is 1. The molecule has 5 nitrogen and oxygen atoms in total. The molecule has 0 radical (unpaired) electrons. The highest BCUT2D eigenvalue weighted by atomic mass is 16.2. The van der Waals surface area contributed by atoms with Crippen LogP contribution in [0.4, 0.5) is 0 Å². The number of aliphatic imine (C=N–C) groups is 1. The van der Waals surface area contributed by atoms with Crippen molar-refractivity contribution < 1.29 is 4.79 Å². The molecule has 2 aromatic rings. The van der Waals surface area contributed by atoms with Gasteiger partial charge in [-0.3, -0.25) is 9.79 Å². The molecule has 1 fully saturated rings. The monoisotopic (exact) mass is 406 g/mol. The number of hydrogen-bond acceptors (Lipinski definition) is 2. The zero-order chi connectivity index (χ0) is 21.2. The lowest BCUT2D eigenvalue weighted by atomic mass is 10.1. The molecule has 3 rings (SSSR count). The Hall–Kier alpha value is -2.82. The van der Waals surface area contributed by atoms with E-state index in [1.165, 1.54) is 16.7 Å². The molecular formula is C25H34N4O. The Morgan fingerprint density at radius 3 is 2.50 bits per heavy atom. The normalized spacial score (nSPS) is 16.7. The number of likely N-dealkylation sites (tertiary alicyclic amines) is 1. The van der Waals surface area contributed by atoms with E-state index in [4.69, 9.17) is 4.99 Å². The second-order valence-corrected chi connectivity index (χ2v) is 8.03. The fourth-order valence-electron chi connectivity index (χ4n) is 3.74. The van der Waals surface area contributed by atoms with Gasteiger partial charge in [0.2, 0.25) is 5.91 Å². The van der Waals surface area contributed by atoms with Gasteiger partial charge in [0.15, 0.2) is 5.96 Å². The number of aryl methyl sites for hydroxylation is 1. The fraction of sp³-hybridized carbons (Fsp3) is 0.440. The first-order valence-corrected chi connectivity index (χ1v) is 11.0. The zero-order valence-corrected chi connectivity index (χ0v) is 18.2. The summed E-state index contributed by atoms with van der Waals surface area (Å²) in [6, 6.07) is 19.0. The van der Waals surface area contributed by atoms with Crippen LogP contribution in [0.3, 0.4) is 0 Å². The molecule has 160 valence electrons. The molecule has 0 aliphatic carbocycles. The zero-order valence-electron chi connectivity index (χ0n) is 18.2. The summed E-state index contributed by atoms with van der Waals surface area (Å²) in [6.45, 7) is 8.10. The number of benzene rings is 2. The van der Waals surface area contributed by atoms with Crippen LogP contribution in [-0.2, 0) is 17.6 Å². The van der Waals surface area contributed by atoms with Crippen LogP contribution < -0.4 is 10.6 Å². The van der Waals surface area contributed by atoms with Crippen LogP contribution in [0.1, 0.15) is 30.0 Å². The third kappa shape index (κ3) is 6.90. The average Bonchev–Trinajstić information content (AvgIpc) is 3.12. The second kappa shape index (κ2) is 11.4. The number of carbonyl (C=O) groups excluding carboxylic acids is 1. The maximum Gasteiger partial charge on any atom is 0.223 e. The van der Waals surface area contributed by atoms with Gasteiger partial charge in [-0.2, -0.15) is 0 Å². The molecule has 30 heavy (non-hydrogen) atoms. The Kier molecular flexibility index (Phi) is 8.30. The summed E-state index contributed by atoms with van der Waals surface area (Å²) in [5, 5.41) is 6.73. The first-order valence-electron chi connectivity index (χ1n) is 11.0. The summed E-state index contributed by atoms with van der Waals surface area (Å²) < 4.78 is 0. The van der Waals surface area contributed by atoms with Gasteiger partial charge < -0.3 is 15.5 Å². The van der Waals surface area contributed by atoms with Gasteiger partial charge in [-0.1, -0.05) is 60.2 Å². The van der Waals surface area contributed by atoms with Crippen molar-refractivity contribution in [2.75, 3.05) is 32.7 Å². The van der Waals surface area contributed by atoms with Gasteiger partial charge in [0.1, 0.15) is 0 Å². The van der Waals surface area contributed by atoms with E-state index in [9.17, 15) is 4.79 Å². The Labute approximate surface area is 180 Å². The molecule has 0 aromatic heterocycles. The lowest BCUT2D eigenvalue weighted by molar-refractivity contribution is -0.127. The summed E-state index contributed by atoms with van der Waals surface area (Å²) in [6.07, 6.45) is 2.46. The summed E-state index contributed by atoms with van der Waals surface area (Å²) in [4.78, 5) is 19.1. The van der Waals surface area contributed by atoms with E-state index in [2.05, 4.69) is 60.9 Å². The maximum absolute atomic E-state index is 12.4. The van der Waals surface area contributed by atoms with Gasteiger partial charge >= 0.3 is 0 Å². The predicted octanol–water partition coefficient (Wildman–Crippen LogP) is 3.18. The van der Waals surface area contributed by atoms with Crippen LogP contribution in [0.5, 0.6) is 0 Å². The quantitative estimate of drug-likeness (QED) is 0.497. The maximum atomic E-state index is 12.4. The molecule has 2 N–H and O–H groups in total. The second-order valence-electron chi connectivity index (χ2n) is 8.03. The Morgan fingerprint density at radius 2 is 1.77 bits per heavy atom. The highest BCUT2D eigenvalue weighted by Crippen LogP contribution is 2.18. The molecule has 0 saturated carbocycles. The third-order valence-corrected chi connectivity index (χ3v) is 5.49. The summed E-state index contributed by atoms with van der Waals surface area (Å²) in [7, 11) is 0.